The molecule has 2 rings (SSSR count). The Hall–Kier alpha value is -2.11. The summed E-state index contributed by atoms with van der Waals surface area (Å²) < 4.78 is 0. The number of hydrogen-bond acceptors (Lipinski definition) is 4. The Kier molecular flexibility index (Phi) is 3.92. The molecule has 2 N–H and O–H groups in total. The van der Waals surface area contributed by atoms with Crippen molar-refractivity contribution >= 4 is 17.3 Å². The molecule has 0 unspecified atom stereocenters. The number of anilines is 1. The Morgan fingerprint density at radius 3 is 2.65 bits per heavy atom. The molecule has 6 heteroatoms. The van der Waals surface area contributed by atoms with Crippen LogP contribution >= 0.6 is 0 Å². The average molecular weight is 278 g/mol. The molecule has 1 aliphatic carbocycles. The second-order valence-corrected chi connectivity index (χ2v) is 5.67. The zero-order valence-corrected chi connectivity index (χ0v) is 11.4. The van der Waals surface area contributed by atoms with Crippen molar-refractivity contribution in [3.63, 3.8) is 0 Å². The van der Waals surface area contributed by atoms with E-state index in [1.54, 1.807) is 6.07 Å². The van der Waals surface area contributed by atoms with Gasteiger partial charge in [0.25, 0.3) is 5.69 Å². The number of nitrogens with one attached hydrogen (secondary N) is 1. The number of carboxylic acid groups (broad SMARTS) is 1. The van der Waals surface area contributed by atoms with E-state index in [0.717, 1.165) is 19.4 Å². The predicted molar refractivity (Wildman–Crippen MR) is 75.1 cm³/mol. The van der Waals surface area contributed by atoms with E-state index in [4.69, 9.17) is 5.11 Å². The minimum absolute atomic E-state index is 0.222. The molecule has 0 saturated heterocycles. The lowest BCUT2D eigenvalue weighted by molar-refractivity contribution is -0.385. The summed E-state index contributed by atoms with van der Waals surface area (Å²) in [6, 6.07) is 4.15. The molecule has 0 atom stereocenters. The van der Waals surface area contributed by atoms with Crippen LogP contribution in [0.1, 0.15) is 43.0 Å². The smallest absolute Gasteiger partial charge is 0.342 e. The van der Waals surface area contributed by atoms with E-state index < -0.39 is 10.9 Å². The number of carbonyl (C=O) groups is 1. The molecule has 0 aromatic heterocycles. The number of carboxylic acids is 1. The summed E-state index contributed by atoms with van der Waals surface area (Å²) in [4.78, 5) is 21.2. The van der Waals surface area contributed by atoms with Crippen molar-refractivity contribution in [1.29, 1.82) is 0 Å². The molecular formula is C14H18N2O4. The summed E-state index contributed by atoms with van der Waals surface area (Å²) in [5, 5.41) is 23.0. The number of nitro benzene ring substituents is 1. The van der Waals surface area contributed by atoms with Crippen LogP contribution in [0.3, 0.4) is 0 Å². The number of nitro groups is 1. The van der Waals surface area contributed by atoms with Gasteiger partial charge in [0.1, 0.15) is 5.56 Å². The Balaban J connectivity index is 2.15. The van der Waals surface area contributed by atoms with Crippen molar-refractivity contribution in [2.75, 3.05) is 11.9 Å². The number of aromatic carboxylic acids is 1. The van der Waals surface area contributed by atoms with Crippen molar-refractivity contribution in [3.8, 4) is 0 Å². The monoisotopic (exact) mass is 278 g/mol. The molecule has 0 radical (unpaired) electrons. The molecule has 1 fully saturated rings. The summed E-state index contributed by atoms with van der Waals surface area (Å²) >= 11 is 0. The Labute approximate surface area is 117 Å². The Morgan fingerprint density at radius 1 is 1.45 bits per heavy atom. The van der Waals surface area contributed by atoms with Crippen molar-refractivity contribution in [3.05, 3.63) is 33.9 Å². The van der Waals surface area contributed by atoms with Crippen LogP contribution in [-0.4, -0.2) is 22.5 Å². The lowest BCUT2D eigenvalue weighted by Crippen LogP contribution is -2.23. The van der Waals surface area contributed by atoms with E-state index in [-0.39, 0.29) is 16.7 Å². The van der Waals surface area contributed by atoms with E-state index in [1.165, 1.54) is 25.0 Å². The fourth-order valence-corrected chi connectivity index (χ4v) is 2.69. The first-order valence-corrected chi connectivity index (χ1v) is 6.67. The number of nitrogens with zero attached hydrogens (tertiary/aromatic N) is 1. The molecular weight excluding hydrogens is 260 g/mol. The second kappa shape index (κ2) is 5.48. The lowest BCUT2D eigenvalue weighted by Gasteiger charge is -2.24. The third kappa shape index (κ3) is 3.07. The molecule has 0 bridgehead atoms. The van der Waals surface area contributed by atoms with Crippen LogP contribution in [0.2, 0.25) is 0 Å². The summed E-state index contributed by atoms with van der Waals surface area (Å²) in [6.07, 6.45) is 4.73. The highest BCUT2D eigenvalue weighted by Gasteiger charge is 2.28. The largest absolute Gasteiger partial charge is 0.477 e. The summed E-state index contributed by atoms with van der Waals surface area (Å²) in [5.74, 6) is -1.29. The summed E-state index contributed by atoms with van der Waals surface area (Å²) in [7, 11) is 0. The highest BCUT2D eigenvalue weighted by atomic mass is 16.6. The van der Waals surface area contributed by atoms with Crippen LogP contribution in [0.15, 0.2) is 18.2 Å². The normalized spacial score (nSPS) is 16.9. The standard InChI is InChI=1S/C14H18N2O4/c1-14(6-2-3-7-14)9-15-10-4-5-11(13(17)18)12(8-10)16(19)20/h4-5,8,15H,2-3,6-7,9H2,1H3,(H,17,18). The third-order valence-corrected chi connectivity index (χ3v) is 3.95. The van der Waals surface area contributed by atoms with Crippen LogP contribution in [0.5, 0.6) is 0 Å². The van der Waals surface area contributed by atoms with Crippen LogP contribution in [0, 0.1) is 15.5 Å². The van der Waals surface area contributed by atoms with Crippen LogP contribution in [0.4, 0.5) is 11.4 Å². The molecule has 6 nitrogen and oxygen atoms in total. The molecule has 0 aliphatic heterocycles. The molecule has 0 heterocycles. The first kappa shape index (κ1) is 14.3. The molecule has 1 saturated carbocycles. The maximum absolute atomic E-state index is 10.9. The maximum atomic E-state index is 10.9. The van der Waals surface area contributed by atoms with Crippen molar-refractivity contribution in [2.45, 2.75) is 32.6 Å². The SMILES string of the molecule is CC1(CNc2ccc(C(=O)O)c([N+](=O)[O-])c2)CCCC1. The topological polar surface area (TPSA) is 92.5 Å². The Morgan fingerprint density at radius 2 is 2.10 bits per heavy atom. The summed E-state index contributed by atoms with van der Waals surface area (Å²) in [5.41, 5.74) is 0.154. The highest BCUT2D eigenvalue weighted by Crippen LogP contribution is 2.37. The predicted octanol–water partition coefficient (Wildman–Crippen LogP) is 3.29. The first-order valence-electron chi connectivity index (χ1n) is 6.67. The van der Waals surface area contributed by atoms with Gasteiger partial charge in [0, 0.05) is 18.3 Å². The number of benzene rings is 1. The van der Waals surface area contributed by atoms with E-state index in [9.17, 15) is 14.9 Å². The van der Waals surface area contributed by atoms with Gasteiger partial charge in [-0.2, -0.15) is 0 Å². The fourth-order valence-electron chi connectivity index (χ4n) is 2.69. The van der Waals surface area contributed by atoms with Gasteiger partial charge in [0.05, 0.1) is 4.92 Å². The molecule has 108 valence electrons. The van der Waals surface area contributed by atoms with Gasteiger partial charge in [-0.3, -0.25) is 10.1 Å². The van der Waals surface area contributed by atoms with Crippen molar-refractivity contribution in [2.24, 2.45) is 5.41 Å². The minimum atomic E-state index is -1.29. The molecule has 1 aliphatic rings. The van der Waals surface area contributed by atoms with Crippen molar-refractivity contribution < 1.29 is 14.8 Å². The van der Waals surface area contributed by atoms with E-state index >= 15 is 0 Å². The van der Waals surface area contributed by atoms with Gasteiger partial charge in [0.2, 0.25) is 0 Å². The second-order valence-electron chi connectivity index (χ2n) is 5.67. The van der Waals surface area contributed by atoms with Gasteiger partial charge in [-0.1, -0.05) is 19.8 Å². The zero-order valence-electron chi connectivity index (χ0n) is 11.4. The first-order chi connectivity index (χ1) is 9.41. The van der Waals surface area contributed by atoms with E-state index in [0.29, 0.717) is 5.69 Å². The fraction of sp³-hybridized carbons (Fsp3) is 0.500. The van der Waals surface area contributed by atoms with Crippen molar-refractivity contribution in [1.82, 2.24) is 0 Å². The van der Waals surface area contributed by atoms with E-state index in [1.807, 2.05) is 0 Å². The number of rotatable bonds is 5. The maximum Gasteiger partial charge on any atom is 0.342 e. The van der Waals surface area contributed by atoms with Gasteiger partial charge in [0.15, 0.2) is 0 Å². The highest BCUT2D eigenvalue weighted by molar-refractivity contribution is 5.93. The van der Waals surface area contributed by atoms with Crippen LogP contribution < -0.4 is 5.32 Å². The van der Waals surface area contributed by atoms with Gasteiger partial charge in [-0.15, -0.1) is 0 Å². The minimum Gasteiger partial charge on any atom is -0.477 e. The number of hydrogen-bond donors (Lipinski definition) is 2. The molecule has 1 aromatic rings. The van der Waals surface area contributed by atoms with Gasteiger partial charge >= 0.3 is 5.97 Å². The van der Waals surface area contributed by atoms with Gasteiger partial charge in [-0.25, -0.2) is 4.79 Å². The van der Waals surface area contributed by atoms with Gasteiger partial charge in [-0.05, 0) is 30.4 Å². The molecule has 1 aromatic carbocycles. The molecule has 0 amide bonds. The third-order valence-electron chi connectivity index (χ3n) is 3.95. The van der Waals surface area contributed by atoms with E-state index in [2.05, 4.69) is 12.2 Å². The van der Waals surface area contributed by atoms with Gasteiger partial charge < -0.3 is 10.4 Å². The van der Waals surface area contributed by atoms with Crippen LogP contribution in [0.25, 0.3) is 0 Å². The quantitative estimate of drug-likeness (QED) is 0.637. The molecule has 0 spiro atoms. The summed E-state index contributed by atoms with van der Waals surface area (Å²) in [6.45, 7) is 2.95. The average Bonchev–Trinajstić information content (AvgIpc) is 2.83. The molecule has 20 heavy (non-hydrogen) atoms. The lowest BCUT2D eigenvalue weighted by atomic mass is 9.89. The Bertz CT molecular complexity index is 536. The van der Waals surface area contributed by atoms with Crippen LogP contribution in [-0.2, 0) is 0 Å². The zero-order chi connectivity index (χ0) is 14.8.